The average Bonchev–Trinajstić information content (AvgIpc) is 3.12. The second kappa shape index (κ2) is 8.03. The van der Waals surface area contributed by atoms with Crippen molar-refractivity contribution in [2.45, 2.75) is 25.0 Å². The highest BCUT2D eigenvalue weighted by atomic mass is 19.1. The van der Waals surface area contributed by atoms with E-state index in [0.29, 0.717) is 43.2 Å². The minimum atomic E-state index is -0.589. The highest BCUT2D eigenvalue weighted by Crippen LogP contribution is 2.38. The summed E-state index contributed by atoms with van der Waals surface area (Å²) < 4.78 is 19.0. The molecule has 2 aromatic rings. The van der Waals surface area contributed by atoms with Crippen LogP contribution in [0.4, 0.5) is 10.1 Å². The number of hydrogen-bond donors (Lipinski definition) is 1. The van der Waals surface area contributed by atoms with E-state index in [4.69, 9.17) is 4.74 Å². The van der Waals surface area contributed by atoms with E-state index in [2.05, 4.69) is 0 Å². The first kappa shape index (κ1) is 19.7. The van der Waals surface area contributed by atoms with Gasteiger partial charge in [-0.2, -0.15) is 0 Å². The fourth-order valence-corrected chi connectivity index (χ4v) is 4.47. The molecule has 0 bridgehead atoms. The van der Waals surface area contributed by atoms with E-state index in [1.165, 1.54) is 12.1 Å². The number of carbonyl (C=O) groups is 1. The standard InChI is InChI=1S/C23H27FN2O3/c1-25(2)19-5-3-4-15(10-19)23(28)26-13-16-11-21(27)22(12-17(16)14-26)29-20-8-6-18(24)7-9-20/h3-10,16-17,21-22,27H,11-14H2,1-2H3/t16-,17+,21+,22+/m0/s1. The zero-order valence-corrected chi connectivity index (χ0v) is 16.8. The molecule has 5 nitrogen and oxygen atoms in total. The predicted molar refractivity (Wildman–Crippen MR) is 110 cm³/mol. The maximum absolute atomic E-state index is 13.1. The number of halogens is 1. The third kappa shape index (κ3) is 4.22. The zero-order chi connectivity index (χ0) is 20.5. The normalized spacial score (nSPS) is 26.1. The van der Waals surface area contributed by atoms with Gasteiger partial charge in [-0.3, -0.25) is 4.79 Å². The van der Waals surface area contributed by atoms with Crippen LogP contribution in [-0.2, 0) is 0 Å². The molecule has 0 radical (unpaired) electrons. The predicted octanol–water partition coefficient (Wildman–Crippen LogP) is 3.18. The Hall–Kier alpha value is -2.60. The van der Waals surface area contributed by atoms with Gasteiger partial charge in [0, 0.05) is 38.4 Å². The minimum absolute atomic E-state index is 0.0357. The van der Waals surface area contributed by atoms with Gasteiger partial charge in [-0.25, -0.2) is 4.39 Å². The number of anilines is 1. The van der Waals surface area contributed by atoms with Crippen LogP contribution >= 0.6 is 0 Å². The number of fused-ring (bicyclic) bond motifs is 1. The first-order chi connectivity index (χ1) is 13.9. The molecule has 6 heteroatoms. The summed E-state index contributed by atoms with van der Waals surface area (Å²) >= 11 is 0. The lowest BCUT2D eigenvalue weighted by molar-refractivity contribution is -0.0231. The van der Waals surface area contributed by atoms with E-state index in [1.807, 2.05) is 48.2 Å². The smallest absolute Gasteiger partial charge is 0.253 e. The number of carbonyl (C=O) groups excluding carboxylic acids is 1. The van der Waals surface area contributed by atoms with Gasteiger partial charge in [0.05, 0.1) is 6.10 Å². The summed E-state index contributed by atoms with van der Waals surface area (Å²) in [6.07, 6.45) is 0.366. The molecule has 154 valence electrons. The Morgan fingerprint density at radius 3 is 2.48 bits per heavy atom. The zero-order valence-electron chi connectivity index (χ0n) is 16.8. The first-order valence-electron chi connectivity index (χ1n) is 10.1. The number of ether oxygens (including phenoxy) is 1. The van der Waals surface area contributed by atoms with Crippen molar-refractivity contribution in [3.8, 4) is 5.75 Å². The summed E-state index contributed by atoms with van der Waals surface area (Å²) in [5.74, 6) is 0.850. The van der Waals surface area contributed by atoms with Crippen LogP contribution in [0.25, 0.3) is 0 Å². The number of rotatable bonds is 4. The van der Waals surface area contributed by atoms with Crippen LogP contribution in [0.3, 0.4) is 0 Å². The molecule has 4 rings (SSSR count). The van der Waals surface area contributed by atoms with Gasteiger partial charge in [0.15, 0.2) is 0 Å². The lowest BCUT2D eigenvalue weighted by Gasteiger charge is -2.35. The summed E-state index contributed by atoms with van der Waals surface area (Å²) in [6, 6.07) is 13.5. The summed E-state index contributed by atoms with van der Waals surface area (Å²) in [4.78, 5) is 16.9. The molecular weight excluding hydrogens is 371 g/mol. The lowest BCUT2D eigenvalue weighted by Crippen LogP contribution is -2.42. The van der Waals surface area contributed by atoms with Gasteiger partial charge in [0.2, 0.25) is 0 Å². The highest BCUT2D eigenvalue weighted by Gasteiger charge is 2.44. The molecule has 0 spiro atoms. The van der Waals surface area contributed by atoms with Crippen LogP contribution in [0.15, 0.2) is 48.5 Å². The van der Waals surface area contributed by atoms with Gasteiger partial charge < -0.3 is 19.6 Å². The number of likely N-dealkylation sites (tertiary alicyclic amines) is 1. The van der Waals surface area contributed by atoms with Crippen LogP contribution in [0, 0.1) is 17.7 Å². The van der Waals surface area contributed by atoms with E-state index >= 15 is 0 Å². The third-order valence-corrected chi connectivity index (χ3v) is 6.08. The van der Waals surface area contributed by atoms with Crippen LogP contribution in [0.5, 0.6) is 5.75 Å². The molecule has 1 aliphatic heterocycles. The second-order valence-corrected chi connectivity index (χ2v) is 8.32. The molecular formula is C23H27FN2O3. The monoisotopic (exact) mass is 398 g/mol. The van der Waals surface area contributed by atoms with Crippen molar-refractivity contribution in [3.05, 3.63) is 59.9 Å². The van der Waals surface area contributed by atoms with Crippen molar-refractivity contribution in [2.24, 2.45) is 11.8 Å². The van der Waals surface area contributed by atoms with E-state index in [9.17, 15) is 14.3 Å². The average molecular weight is 398 g/mol. The number of amides is 1. The molecule has 2 fully saturated rings. The highest BCUT2D eigenvalue weighted by molar-refractivity contribution is 5.95. The quantitative estimate of drug-likeness (QED) is 0.860. The Morgan fingerprint density at radius 1 is 1.10 bits per heavy atom. The van der Waals surface area contributed by atoms with Gasteiger partial charge in [-0.1, -0.05) is 6.07 Å². The Labute approximate surface area is 170 Å². The number of nitrogens with zero attached hydrogens (tertiary/aromatic N) is 2. The molecule has 2 aliphatic rings. The number of aliphatic hydroxyl groups is 1. The molecule has 4 atom stereocenters. The van der Waals surface area contributed by atoms with Gasteiger partial charge in [0.1, 0.15) is 17.7 Å². The van der Waals surface area contributed by atoms with Gasteiger partial charge >= 0.3 is 0 Å². The Kier molecular flexibility index (Phi) is 5.46. The molecule has 1 heterocycles. The minimum Gasteiger partial charge on any atom is -0.488 e. The van der Waals surface area contributed by atoms with Crippen LogP contribution < -0.4 is 9.64 Å². The molecule has 1 saturated heterocycles. The fourth-order valence-electron chi connectivity index (χ4n) is 4.47. The Balaban J connectivity index is 1.42. The number of benzene rings is 2. The van der Waals surface area contributed by atoms with E-state index in [-0.39, 0.29) is 23.7 Å². The molecule has 0 unspecified atom stereocenters. The van der Waals surface area contributed by atoms with Crippen LogP contribution in [0.1, 0.15) is 23.2 Å². The summed E-state index contributed by atoms with van der Waals surface area (Å²) in [5, 5.41) is 10.6. The van der Waals surface area contributed by atoms with Crippen molar-refractivity contribution in [3.63, 3.8) is 0 Å². The lowest BCUT2D eigenvalue weighted by atomic mass is 9.78. The van der Waals surface area contributed by atoms with Crippen LogP contribution in [-0.4, -0.2) is 55.3 Å². The largest absolute Gasteiger partial charge is 0.488 e. The van der Waals surface area contributed by atoms with Crippen molar-refractivity contribution in [1.29, 1.82) is 0 Å². The van der Waals surface area contributed by atoms with Gasteiger partial charge in [-0.05, 0) is 67.1 Å². The van der Waals surface area contributed by atoms with Crippen LogP contribution in [0.2, 0.25) is 0 Å². The molecule has 1 aliphatic carbocycles. The van der Waals surface area contributed by atoms with E-state index < -0.39 is 6.10 Å². The maximum atomic E-state index is 13.1. The maximum Gasteiger partial charge on any atom is 0.253 e. The van der Waals surface area contributed by atoms with Gasteiger partial charge in [-0.15, -0.1) is 0 Å². The summed E-state index contributed by atoms with van der Waals surface area (Å²) in [6.45, 7) is 1.34. The summed E-state index contributed by atoms with van der Waals surface area (Å²) in [7, 11) is 3.91. The fraction of sp³-hybridized carbons (Fsp3) is 0.435. The number of hydrogen-bond acceptors (Lipinski definition) is 4. The third-order valence-electron chi connectivity index (χ3n) is 6.08. The second-order valence-electron chi connectivity index (χ2n) is 8.32. The van der Waals surface area contributed by atoms with Crippen molar-refractivity contribution < 1.29 is 19.0 Å². The van der Waals surface area contributed by atoms with E-state index in [0.717, 1.165) is 5.69 Å². The number of aliphatic hydroxyl groups excluding tert-OH is 1. The molecule has 1 amide bonds. The first-order valence-corrected chi connectivity index (χ1v) is 10.1. The van der Waals surface area contributed by atoms with Crippen molar-refractivity contribution >= 4 is 11.6 Å². The Bertz CT molecular complexity index is 871. The Morgan fingerprint density at radius 2 is 1.79 bits per heavy atom. The topological polar surface area (TPSA) is 53.0 Å². The van der Waals surface area contributed by atoms with Crippen molar-refractivity contribution in [1.82, 2.24) is 4.90 Å². The molecule has 29 heavy (non-hydrogen) atoms. The summed E-state index contributed by atoms with van der Waals surface area (Å²) in [5.41, 5.74) is 1.69. The molecule has 1 saturated carbocycles. The van der Waals surface area contributed by atoms with Gasteiger partial charge in [0.25, 0.3) is 5.91 Å². The van der Waals surface area contributed by atoms with Crippen molar-refractivity contribution in [2.75, 3.05) is 32.1 Å². The van der Waals surface area contributed by atoms with E-state index in [1.54, 1.807) is 12.1 Å². The molecule has 1 N–H and O–H groups in total. The molecule has 0 aromatic heterocycles. The molecule has 2 aromatic carbocycles. The SMILES string of the molecule is CN(C)c1cccc(C(=O)N2C[C@H]3C[C@@H](Oc4ccc(F)cc4)[C@H](O)C[C@H]3C2)c1.